The van der Waals surface area contributed by atoms with Crippen LogP contribution in [0.15, 0.2) is 97.1 Å². The van der Waals surface area contributed by atoms with Crippen molar-refractivity contribution in [2.45, 2.75) is 68.9 Å². The van der Waals surface area contributed by atoms with Gasteiger partial charge in [-0.2, -0.15) is 0 Å². The van der Waals surface area contributed by atoms with E-state index in [-0.39, 0.29) is 35.6 Å². The van der Waals surface area contributed by atoms with E-state index in [0.717, 1.165) is 0 Å². The Morgan fingerprint density at radius 2 is 1.14 bits per heavy atom. The molecular weight excluding hydrogens is 718 g/mol. The monoisotopic (exact) mass is 758 g/mol. The molecule has 2 aliphatic rings. The normalized spacial score (nSPS) is 17.5. The Labute approximate surface area is 276 Å². The van der Waals surface area contributed by atoms with E-state index < -0.39 is 22.9 Å². The predicted molar refractivity (Wildman–Crippen MR) is 169 cm³/mol. The fourth-order valence-corrected chi connectivity index (χ4v) is 13.5. The summed E-state index contributed by atoms with van der Waals surface area (Å²) in [7, 11) is 0. The Hall–Kier alpha value is -2.19. The number of rotatable bonds is 4. The third-order valence-corrected chi connectivity index (χ3v) is 14.9. The molecule has 0 aliphatic heterocycles. The van der Waals surface area contributed by atoms with Crippen molar-refractivity contribution in [3.8, 4) is 0 Å². The zero-order valence-electron chi connectivity index (χ0n) is 25.7. The van der Waals surface area contributed by atoms with Crippen LogP contribution in [-0.4, -0.2) is 0 Å². The Morgan fingerprint density at radius 3 is 1.76 bits per heavy atom. The average molecular weight is 758 g/mol. The molecule has 0 bridgehead atoms. The molecule has 2 unspecified atom stereocenters. The minimum atomic E-state index is -1.45. The summed E-state index contributed by atoms with van der Waals surface area (Å²) in [6.45, 7) is 16.5. The van der Waals surface area contributed by atoms with E-state index in [1.165, 1.54) is 50.1 Å². The second-order valence-electron chi connectivity index (χ2n) is 13.6. The molecular formula is C39H40Cl2Hf. The summed E-state index contributed by atoms with van der Waals surface area (Å²) >= 11 is -1.45. The first kappa shape index (κ1) is 32.7. The quantitative estimate of drug-likeness (QED) is 0.266. The molecule has 3 heteroatoms. The van der Waals surface area contributed by atoms with Crippen LogP contribution < -0.4 is 24.8 Å². The summed E-state index contributed by atoms with van der Waals surface area (Å²) in [6, 6.07) is 37.0. The number of halogens is 2. The molecule has 0 radical (unpaired) electrons. The first-order valence-electron chi connectivity index (χ1n) is 14.6. The van der Waals surface area contributed by atoms with E-state index in [9.17, 15) is 0 Å². The Balaban J connectivity index is 0.00000202. The van der Waals surface area contributed by atoms with E-state index in [1.54, 1.807) is 8.90 Å². The van der Waals surface area contributed by atoms with Gasteiger partial charge >= 0.3 is 254 Å². The molecule has 4 aromatic rings. The second kappa shape index (κ2) is 12.4. The van der Waals surface area contributed by atoms with Crippen molar-refractivity contribution in [3.63, 3.8) is 0 Å². The first-order chi connectivity index (χ1) is 19.0. The van der Waals surface area contributed by atoms with Crippen molar-refractivity contribution in [2.75, 3.05) is 0 Å². The molecule has 4 aromatic carbocycles. The van der Waals surface area contributed by atoms with Crippen molar-refractivity contribution in [1.82, 2.24) is 0 Å². The molecule has 6 rings (SSSR count). The summed E-state index contributed by atoms with van der Waals surface area (Å²) in [6.07, 6.45) is 2.52. The third-order valence-electron chi connectivity index (χ3n) is 8.70. The first-order valence-corrected chi connectivity index (χ1v) is 18.5. The number of allylic oxidation sites excluding steroid dienone is 2. The summed E-state index contributed by atoms with van der Waals surface area (Å²) in [5.74, 6) is 0.432. The maximum absolute atomic E-state index is 2.52. The van der Waals surface area contributed by atoms with Crippen LogP contribution in [0.4, 0.5) is 0 Å². The SMILES string of the molecule is CC1C(c2ccccc2)=[C]([Hf+2][CH]2C(c3cc(C(C)(C)C)cc(C(C)(C)C)c3)=Cc3ccccc32)c2ccccc21.[Cl-].[Cl-]. The molecule has 214 valence electrons. The van der Waals surface area contributed by atoms with Gasteiger partial charge in [0.05, 0.1) is 0 Å². The molecule has 0 nitrogen and oxygen atoms in total. The van der Waals surface area contributed by atoms with Gasteiger partial charge in [0.15, 0.2) is 0 Å². The zero-order valence-corrected chi connectivity index (χ0v) is 30.8. The van der Waals surface area contributed by atoms with Crippen molar-refractivity contribution in [2.24, 2.45) is 0 Å². The molecule has 42 heavy (non-hydrogen) atoms. The summed E-state index contributed by atoms with van der Waals surface area (Å²) < 4.78 is 2.20. The van der Waals surface area contributed by atoms with E-state index >= 15 is 0 Å². The number of hydrogen-bond acceptors (Lipinski definition) is 0. The number of benzene rings is 4. The van der Waals surface area contributed by atoms with Gasteiger partial charge < -0.3 is 24.8 Å². The molecule has 0 fully saturated rings. The van der Waals surface area contributed by atoms with E-state index in [1.807, 2.05) is 0 Å². The second-order valence-corrected chi connectivity index (χ2v) is 18.5. The molecule has 0 heterocycles. The van der Waals surface area contributed by atoms with Crippen LogP contribution in [0.2, 0.25) is 0 Å². The molecule has 0 saturated carbocycles. The Bertz CT molecular complexity index is 1620. The Morgan fingerprint density at radius 1 is 0.595 bits per heavy atom. The van der Waals surface area contributed by atoms with Gasteiger partial charge in [-0.05, 0) is 0 Å². The fourth-order valence-electron chi connectivity index (χ4n) is 6.32. The van der Waals surface area contributed by atoms with Crippen LogP contribution in [0.3, 0.4) is 0 Å². The van der Waals surface area contributed by atoms with Gasteiger partial charge in [0, 0.05) is 0 Å². The topological polar surface area (TPSA) is 0 Å². The van der Waals surface area contributed by atoms with E-state index in [2.05, 4.69) is 152 Å². The smallest absolute Gasteiger partial charge is 1.00 e. The fraction of sp³-hybridized carbons (Fsp3) is 0.282. The summed E-state index contributed by atoms with van der Waals surface area (Å²) in [5, 5.41) is 0. The van der Waals surface area contributed by atoms with Gasteiger partial charge in [-0.1, -0.05) is 0 Å². The van der Waals surface area contributed by atoms with Crippen LogP contribution in [-0.2, 0) is 33.7 Å². The minimum Gasteiger partial charge on any atom is -1.00 e. The molecule has 0 saturated heterocycles. The zero-order chi connectivity index (χ0) is 28.2. The summed E-state index contributed by atoms with van der Waals surface area (Å²) in [5.41, 5.74) is 15.0. The summed E-state index contributed by atoms with van der Waals surface area (Å²) in [4.78, 5) is 0. The predicted octanol–water partition coefficient (Wildman–Crippen LogP) is 4.65. The molecule has 0 aromatic heterocycles. The van der Waals surface area contributed by atoms with Crippen LogP contribution in [0, 0.1) is 0 Å². The standard InChI is InChI=1S/C23H27.C16H13.2ClH.Hf/c1-22(2,3)20-13-19(14-21(15-20)23(4,5)6)18-11-16-9-7-8-10-17(16)12-18;1-12-15-10-6-5-9-14(15)11-16(12)13-7-3-2-4-8-13;;;/h7-15H,1-6H3;2-10,12H,1H3;2*1H;/q;;;;+2/p-2. The van der Waals surface area contributed by atoms with Gasteiger partial charge in [-0.15, -0.1) is 0 Å². The van der Waals surface area contributed by atoms with Gasteiger partial charge in [-0.25, -0.2) is 0 Å². The molecule has 2 aliphatic carbocycles. The van der Waals surface area contributed by atoms with Crippen molar-refractivity contribution >= 4 is 20.6 Å². The largest absolute Gasteiger partial charge is 1.00 e. The van der Waals surface area contributed by atoms with Crippen LogP contribution in [0.1, 0.15) is 103 Å². The molecule has 2 atom stereocenters. The van der Waals surface area contributed by atoms with Crippen molar-refractivity contribution in [1.29, 1.82) is 0 Å². The van der Waals surface area contributed by atoms with E-state index in [4.69, 9.17) is 0 Å². The molecule has 0 N–H and O–H groups in total. The van der Waals surface area contributed by atoms with Gasteiger partial charge in [0.25, 0.3) is 0 Å². The molecule has 0 amide bonds. The Kier molecular flexibility index (Phi) is 9.68. The van der Waals surface area contributed by atoms with Gasteiger partial charge in [0.2, 0.25) is 0 Å². The van der Waals surface area contributed by atoms with Gasteiger partial charge in [-0.3, -0.25) is 0 Å². The maximum atomic E-state index is 2.52. The van der Waals surface area contributed by atoms with E-state index in [0.29, 0.717) is 9.59 Å². The molecule has 0 spiro atoms. The van der Waals surface area contributed by atoms with Gasteiger partial charge in [0.1, 0.15) is 0 Å². The van der Waals surface area contributed by atoms with Crippen LogP contribution in [0.5, 0.6) is 0 Å². The van der Waals surface area contributed by atoms with Crippen LogP contribution in [0.25, 0.3) is 20.6 Å². The number of fused-ring (bicyclic) bond motifs is 2. The third kappa shape index (κ3) is 6.08. The van der Waals surface area contributed by atoms with Crippen molar-refractivity contribution < 1.29 is 47.7 Å². The number of hydrogen-bond donors (Lipinski definition) is 0. The maximum Gasteiger partial charge on any atom is -1.00 e. The van der Waals surface area contributed by atoms with Crippen molar-refractivity contribution in [3.05, 3.63) is 142 Å². The minimum absolute atomic E-state index is 0. The van der Waals surface area contributed by atoms with Crippen LogP contribution >= 0.6 is 0 Å². The average Bonchev–Trinajstić information content (AvgIpc) is 3.43.